The Balaban J connectivity index is 1.89. The maximum absolute atomic E-state index is 12.0. The number of halogens is 1. The number of hydrogen-bond acceptors (Lipinski definition) is 5. The minimum atomic E-state index is -0.734. The van der Waals surface area contributed by atoms with E-state index < -0.39 is 16.7 Å². The Hall–Kier alpha value is -2.58. The lowest BCUT2D eigenvalue weighted by Crippen LogP contribution is -2.42. The standard InChI is InChI=1S/C16H14ClN3O4S/c1-10-2-5-12(6-3-10)25-9-15(21)18-19-16(22)13-8-11(20(23)24)4-7-14(13)17/h2-8H,9H2,1H3,(H,18,21)(H,19,22). The first-order chi connectivity index (χ1) is 11.9. The molecule has 2 aromatic carbocycles. The SMILES string of the molecule is Cc1ccc(SCC(=O)NNC(=O)c2cc([N+](=O)[O-])ccc2Cl)cc1. The fraction of sp³-hybridized carbons (Fsp3) is 0.125. The number of nitro groups is 1. The summed E-state index contributed by atoms with van der Waals surface area (Å²) in [6.07, 6.45) is 0. The molecule has 0 aliphatic rings. The molecule has 0 radical (unpaired) electrons. The van der Waals surface area contributed by atoms with E-state index in [2.05, 4.69) is 10.9 Å². The van der Waals surface area contributed by atoms with Gasteiger partial charge in [-0.3, -0.25) is 30.6 Å². The third-order valence-corrected chi connectivity index (χ3v) is 4.45. The van der Waals surface area contributed by atoms with Crippen LogP contribution >= 0.6 is 23.4 Å². The Labute approximate surface area is 152 Å². The molecular formula is C16H14ClN3O4S. The van der Waals surface area contributed by atoms with E-state index in [9.17, 15) is 19.7 Å². The van der Waals surface area contributed by atoms with Crippen molar-refractivity contribution in [1.82, 2.24) is 10.9 Å². The number of nitrogens with zero attached hydrogens (tertiary/aromatic N) is 1. The molecule has 2 rings (SSSR count). The van der Waals surface area contributed by atoms with Crippen LogP contribution in [-0.2, 0) is 4.79 Å². The van der Waals surface area contributed by atoms with Gasteiger partial charge in [-0.2, -0.15) is 0 Å². The second kappa shape index (κ2) is 8.50. The van der Waals surface area contributed by atoms with Crippen LogP contribution in [-0.4, -0.2) is 22.5 Å². The van der Waals surface area contributed by atoms with E-state index in [-0.39, 0.29) is 22.0 Å². The number of aryl methyl sites for hydroxylation is 1. The Kier molecular flexibility index (Phi) is 6.37. The van der Waals surface area contributed by atoms with Crippen LogP contribution in [0.2, 0.25) is 5.02 Å². The smallest absolute Gasteiger partial charge is 0.271 e. The fourth-order valence-electron chi connectivity index (χ4n) is 1.81. The van der Waals surface area contributed by atoms with Crippen LogP contribution in [0.1, 0.15) is 15.9 Å². The minimum Gasteiger partial charge on any atom is -0.272 e. The van der Waals surface area contributed by atoms with Gasteiger partial charge in [0.25, 0.3) is 11.6 Å². The van der Waals surface area contributed by atoms with Crippen LogP contribution in [0.5, 0.6) is 0 Å². The van der Waals surface area contributed by atoms with Crippen molar-refractivity contribution in [2.75, 3.05) is 5.75 Å². The zero-order valence-corrected chi connectivity index (χ0v) is 14.7. The number of nitrogens with one attached hydrogen (secondary N) is 2. The van der Waals surface area contributed by atoms with Gasteiger partial charge in [0.15, 0.2) is 0 Å². The molecule has 2 amide bonds. The van der Waals surface area contributed by atoms with Crippen molar-refractivity contribution in [3.63, 3.8) is 0 Å². The Morgan fingerprint density at radius 2 is 1.84 bits per heavy atom. The third kappa shape index (κ3) is 5.47. The van der Waals surface area contributed by atoms with Gasteiger partial charge in [0, 0.05) is 17.0 Å². The van der Waals surface area contributed by atoms with Crippen molar-refractivity contribution < 1.29 is 14.5 Å². The molecule has 0 aromatic heterocycles. The van der Waals surface area contributed by atoms with Crippen LogP contribution in [0.4, 0.5) is 5.69 Å². The molecule has 0 fully saturated rings. The molecule has 2 aromatic rings. The average Bonchev–Trinajstić information content (AvgIpc) is 2.59. The van der Waals surface area contributed by atoms with Gasteiger partial charge in [0.1, 0.15) is 0 Å². The molecular weight excluding hydrogens is 366 g/mol. The highest BCUT2D eigenvalue weighted by atomic mass is 35.5. The molecule has 0 saturated heterocycles. The number of hydrogen-bond donors (Lipinski definition) is 2. The number of non-ortho nitro benzene ring substituents is 1. The predicted molar refractivity (Wildman–Crippen MR) is 95.6 cm³/mol. The van der Waals surface area contributed by atoms with Crippen molar-refractivity contribution in [3.05, 3.63) is 68.7 Å². The molecule has 2 N–H and O–H groups in total. The Morgan fingerprint density at radius 3 is 2.48 bits per heavy atom. The highest BCUT2D eigenvalue weighted by molar-refractivity contribution is 8.00. The highest BCUT2D eigenvalue weighted by Crippen LogP contribution is 2.22. The molecule has 0 aliphatic carbocycles. The minimum absolute atomic E-state index is 0.0476. The summed E-state index contributed by atoms with van der Waals surface area (Å²) in [5.74, 6) is -1.05. The summed E-state index contributed by atoms with van der Waals surface area (Å²) in [5.41, 5.74) is 5.20. The summed E-state index contributed by atoms with van der Waals surface area (Å²) in [5, 5.41) is 10.8. The largest absolute Gasteiger partial charge is 0.272 e. The summed E-state index contributed by atoms with van der Waals surface area (Å²) in [6, 6.07) is 11.2. The monoisotopic (exact) mass is 379 g/mol. The van der Waals surface area contributed by atoms with E-state index in [1.54, 1.807) is 0 Å². The van der Waals surface area contributed by atoms with Gasteiger partial charge in [0.05, 0.1) is 21.3 Å². The van der Waals surface area contributed by atoms with E-state index in [1.165, 1.54) is 23.9 Å². The lowest BCUT2D eigenvalue weighted by atomic mass is 10.2. The van der Waals surface area contributed by atoms with Crippen LogP contribution < -0.4 is 10.9 Å². The summed E-state index contributed by atoms with van der Waals surface area (Å²) < 4.78 is 0. The number of amides is 2. The first-order valence-corrected chi connectivity index (χ1v) is 8.46. The number of carbonyl (C=O) groups is 2. The number of nitro benzene ring substituents is 1. The van der Waals surface area contributed by atoms with Gasteiger partial charge in [-0.1, -0.05) is 29.3 Å². The summed E-state index contributed by atoms with van der Waals surface area (Å²) in [4.78, 5) is 34.9. The topological polar surface area (TPSA) is 101 Å². The molecule has 7 nitrogen and oxygen atoms in total. The number of rotatable bonds is 5. The summed E-state index contributed by atoms with van der Waals surface area (Å²) >= 11 is 7.18. The van der Waals surface area contributed by atoms with Crippen molar-refractivity contribution in [2.45, 2.75) is 11.8 Å². The molecule has 130 valence electrons. The quantitative estimate of drug-likeness (QED) is 0.472. The molecule has 0 unspecified atom stereocenters. The van der Waals surface area contributed by atoms with Crippen LogP contribution in [0.25, 0.3) is 0 Å². The zero-order valence-electron chi connectivity index (χ0n) is 13.1. The number of thioether (sulfide) groups is 1. The maximum Gasteiger partial charge on any atom is 0.271 e. The van der Waals surface area contributed by atoms with E-state index in [4.69, 9.17) is 11.6 Å². The van der Waals surface area contributed by atoms with Crippen LogP contribution in [0.15, 0.2) is 47.4 Å². The van der Waals surface area contributed by atoms with E-state index in [0.29, 0.717) is 0 Å². The summed E-state index contributed by atoms with van der Waals surface area (Å²) in [6.45, 7) is 1.97. The first-order valence-electron chi connectivity index (χ1n) is 7.09. The van der Waals surface area contributed by atoms with Gasteiger partial charge in [0.2, 0.25) is 5.91 Å². The second-order valence-electron chi connectivity index (χ2n) is 5.03. The van der Waals surface area contributed by atoms with E-state index >= 15 is 0 Å². The third-order valence-electron chi connectivity index (χ3n) is 3.11. The zero-order chi connectivity index (χ0) is 18.4. The van der Waals surface area contributed by atoms with Crippen molar-refractivity contribution in [3.8, 4) is 0 Å². The van der Waals surface area contributed by atoms with Gasteiger partial charge in [-0.05, 0) is 25.1 Å². The maximum atomic E-state index is 12.0. The average molecular weight is 380 g/mol. The molecule has 0 heterocycles. The first kappa shape index (κ1) is 18.8. The number of carbonyl (C=O) groups excluding carboxylic acids is 2. The molecule has 0 atom stereocenters. The van der Waals surface area contributed by atoms with Crippen molar-refractivity contribution >= 4 is 40.9 Å². The molecule has 0 spiro atoms. The van der Waals surface area contributed by atoms with Crippen molar-refractivity contribution in [1.29, 1.82) is 0 Å². The highest BCUT2D eigenvalue weighted by Gasteiger charge is 2.16. The molecule has 0 saturated carbocycles. The van der Waals surface area contributed by atoms with Gasteiger partial charge < -0.3 is 0 Å². The van der Waals surface area contributed by atoms with Gasteiger partial charge in [-0.15, -0.1) is 11.8 Å². The number of hydrazine groups is 1. The Bertz CT molecular complexity index is 812. The second-order valence-corrected chi connectivity index (χ2v) is 6.48. The molecule has 25 heavy (non-hydrogen) atoms. The molecule has 9 heteroatoms. The molecule has 0 bridgehead atoms. The van der Waals surface area contributed by atoms with Crippen LogP contribution in [0.3, 0.4) is 0 Å². The normalized spacial score (nSPS) is 10.2. The summed E-state index contributed by atoms with van der Waals surface area (Å²) in [7, 11) is 0. The van der Waals surface area contributed by atoms with Crippen LogP contribution in [0, 0.1) is 17.0 Å². The lowest BCUT2D eigenvalue weighted by molar-refractivity contribution is -0.384. The predicted octanol–water partition coefficient (Wildman–Crippen LogP) is 3.11. The fourth-order valence-corrected chi connectivity index (χ4v) is 2.72. The number of benzene rings is 2. The van der Waals surface area contributed by atoms with Crippen molar-refractivity contribution in [2.24, 2.45) is 0 Å². The molecule has 0 aliphatic heterocycles. The van der Waals surface area contributed by atoms with Gasteiger partial charge >= 0.3 is 0 Å². The van der Waals surface area contributed by atoms with E-state index in [0.717, 1.165) is 16.5 Å². The Morgan fingerprint density at radius 1 is 1.16 bits per heavy atom. The van der Waals surface area contributed by atoms with E-state index in [1.807, 2.05) is 31.2 Å². The van der Waals surface area contributed by atoms with Gasteiger partial charge in [-0.25, -0.2) is 0 Å². The lowest BCUT2D eigenvalue weighted by Gasteiger charge is -2.08.